The minimum Gasteiger partial charge on any atom is -0.368 e. The normalized spacial score (nSPS) is 13.8. The van der Waals surface area contributed by atoms with Crippen molar-refractivity contribution in [3.05, 3.63) is 65.2 Å². The molecule has 1 aliphatic heterocycles. The molecule has 0 atom stereocenters. The Bertz CT molecular complexity index is 1080. The second-order valence-electron chi connectivity index (χ2n) is 6.97. The lowest BCUT2D eigenvalue weighted by Crippen LogP contribution is -2.49. The number of benzene rings is 2. The van der Waals surface area contributed by atoms with Crippen molar-refractivity contribution >= 4 is 46.3 Å². The van der Waals surface area contributed by atoms with Gasteiger partial charge in [0.25, 0.3) is 5.91 Å². The zero-order chi connectivity index (χ0) is 22.5. The zero-order valence-electron chi connectivity index (χ0n) is 16.8. The van der Waals surface area contributed by atoms with Crippen molar-refractivity contribution in [1.29, 1.82) is 0 Å². The third-order valence-corrected chi connectivity index (χ3v) is 6.89. The van der Waals surface area contributed by atoms with Gasteiger partial charge in [0.05, 0.1) is 5.75 Å². The number of thioether (sulfide) groups is 1. The minimum atomic E-state index is -0.441. The van der Waals surface area contributed by atoms with Crippen molar-refractivity contribution in [2.45, 2.75) is 4.34 Å². The Morgan fingerprint density at radius 1 is 0.938 bits per heavy atom. The highest BCUT2D eigenvalue weighted by molar-refractivity contribution is 8.01. The van der Waals surface area contributed by atoms with E-state index in [2.05, 4.69) is 20.4 Å². The van der Waals surface area contributed by atoms with E-state index in [-0.39, 0.29) is 28.3 Å². The predicted molar refractivity (Wildman–Crippen MR) is 120 cm³/mol. The monoisotopic (exact) mass is 475 g/mol. The first-order chi connectivity index (χ1) is 15.5. The van der Waals surface area contributed by atoms with Crippen LogP contribution in [0.2, 0.25) is 0 Å². The van der Waals surface area contributed by atoms with E-state index in [0.29, 0.717) is 36.2 Å². The highest BCUT2D eigenvalue weighted by Crippen LogP contribution is 2.24. The SMILES string of the molecule is O=C(Nc1ccc(F)cc1)c1nnc(SCC(=O)N2CCN(c3ccc(F)cc3)CC2)s1. The first-order valence-corrected chi connectivity index (χ1v) is 11.6. The maximum atomic E-state index is 13.1. The fraction of sp³-hybridized carbons (Fsp3) is 0.238. The fourth-order valence-electron chi connectivity index (χ4n) is 3.16. The van der Waals surface area contributed by atoms with Crippen LogP contribution in [0.3, 0.4) is 0 Å². The van der Waals surface area contributed by atoms with Crippen molar-refractivity contribution in [3.63, 3.8) is 0 Å². The van der Waals surface area contributed by atoms with Gasteiger partial charge < -0.3 is 15.1 Å². The summed E-state index contributed by atoms with van der Waals surface area (Å²) < 4.78 is 26.6. The molecule has 4 rings (SSSR count). The van der Waals surface area contributed by atoms with E-state index in [1.165, 1.54) is 48.2 Å². The molecule has 0 saturated carbocycles. The average Bonchev–Trinajstić information content (AvgIpc) is 3.29. The van der Waals surface area contributed by atoms with Crippen LogP contribution in [0.15, 0.2) is 52.9 Å². The van der Waals surface area contributed by atoms with E-state index < -0.39 is 5.91 Å². The fourth-order valence-corrected chi connectivity index (χ4v) is 4.81. The number of amides is 2. The molecule has 0 aliphatic carbocycles. The van der Waals surface area contributed by atoms with E-state index in [1.54, 1.807) is 17.0 Å². The quantitative estimate of drug-likeness (QED) is 0.550. The molecule has 2 amide bonds. The van der Waals surface area contributed by atoms with Crippen LogP contribution in [-0.2, 0) is 4.79 Å². The summed E-state index contributed by atoms with van der Waals surface area (Å²) in [5, 5.41) is 10.6. The molecule has 166 valence electrons. The molecule has 3 aromatic rings. The van der Waals surface area contributed by atoms with Gasteiger partial charge >= 0.3 is 0 Å². The van der Waals surface area contributed by atoms with Crippen molar-refractivity contribution in [3.8, 4) is 0 Å². The van der Waals surface area contributed by atoms with Gasteiger partial charge in [0.2, 0.25) is 10.9 Å². The Morgan fingerprint density at radius 2 is 1.56 bits per heavy atom. The third kappa shape index (κ3) is 5.60. The number of nitrogens with zero attached hydrogens (tertiary/aromatic N) is 4. The van der Waals surface area contributed by atoms with Crippen LogP contribution in [0.25, 0.3) is 0 Å². The van der Waals surface area contributed by atoms with Crippen molar-refractivity contribution in [2.24, 2.45) is 0 Å². The van der Waals surface area contributed by atoms with Crippen molar-refractivity contribution < 1.29 is 18.4 Å². The van der Waals surface area contributed by atoms with E-state index in [9.17, 15) is 18.4 Å². The number of aromatic nitrogens is 2. The summed E-state index contributed by atoms with van der Waals surface area (Å²) in [4.78, 5) is 28.7. The highest BCUT2D eigenvalue weighted by atomic mass is 32.2. The maximum absolute atomic E-state index is 13.1. The lowest BCUT2D eigenvalue weighted by molar-refractivity contribution is -0.128. The molecule has 0 spiro atoms. The molecular formula is C21H19F2N5O2S2. The van der Waals surface area contributed by atoms with E-state index in [0.717, 1.165) is 17.0 Å². The number of halogens is 2. The van der Waals surface area contributed by atoms with Crippen LogP contribution >= 0.6 is 23.1 Å². The van der Waals surface area contributed by atoms with Gasteiger partial charge in [0.1, 0.15) is 11.6 Å². The van der Waals surface area contributed by atoms with Gasteiger partial charge in [0.15, 0.2) is 4.34 Å². The largest absolute Gasteiger partial charge is 0.368 e. The summed E-state index contributed by atoms with van der Waals surface area (Å²) in [7, 11) is 0. The molecule has 1 aromatic heterocycles. The Kier molecular flexibility index (Phi) is 6.96. The molecule has 2 heterocycles. The Hall–Kier alpha value is -3.05. The van der Waals surface area contributed by atoms with Crippen LogP contribution in [0.4, 0.5) is 20.2 Å². The third-order valence-electron chi connectivity index (χ3n) is 4.85. The summed E-state index contributed by atoms with van der Waals surface area (Å²) >= 11 is 2.33. The number of hydrogen-bond acceptors (Lipinski definition) is 7. The first kappa shape index (κ1) is 22.2. The highest BCUT2D eigenvalue weighted by Gasteiger charge is 2.22. The lowest BCUT2D eigenvalue weighted by Gasteiger charge is -2.36. The first-order valence-electron chi connectivity index (χ1n) is 9.79. The van der Waals surface area contributed by atoms with Gasteiger partial charge in [-0.1, -0.05) is 23.1 Å². The molecule has 32 heavy (non-hydrogen) atoms. The van der Waals surface area contributed by atoms with Crippen LogP contribution in [0, 0.1) is 11.6 Å². The molecule has 1 saturated heterocycles. The zero-order valence-corrected chi connectivity index (χ0v) is 18.5. The minimum absolute atomic E-state index is 0.0127. The van der Waals surface area contributed by atoms with Gasteiger partial charge in [0, 0.05) is 37.6 Å². The molecule has 0 bridgehead atoms. The molecule has 7 nitrogen and oxygen atoms in total. The Balaban J connectivity index is 1.24. The number of nitrogens with one attached hydrogen (secondary N) is 1. The Morgan fingerprint density at radius 3 is 2.22 bits per heavy atom. The standard InChI is InChI=1S/C21H19F2N5O2S2/c22-14-1-5-16(6-2-14)24-19(30)20-25-26-21(32-20)31-13-18(29)28-11-9-27(10-12-28)17-7-3-15(23)4-8-17/h1-8H,9-13H2,(H,24,30). The van der Waals surface area contributed by atoms with Crippen LogP contribution in [-0.4, -0.2) is 58.8 Å². The summed E-state index contributed by atoms with van der Waals surface area (Å²) in [6.07, 6.45) is 0. The number of piperazine rings is 1. The summed E-state index contributed by atoms with van der Waals surface area (Å²) in [6, 6.07) is 11.8. The second kappa shape index (κ2) is 10.0. The second-order valence-corrected chi connectivity index (χ2v) is 9.17. The summed E-state index contributed by atoms with van der Waals surface area (Å²) in [6.45, 7) is 2.51. The number of carbonyl (C=O) groups is 2. The topological polar surface area (TPSA) is 78.4 Å². The number of carbonyl (C=O) groups excluding carboxylic acids is 2. The number of hydrogen-bond donors (Lipinski definition) is 1. The molecular weight excluding hydrogens is 456 g/mol. The molecule has 0 unspecified atom stereocenters. The Labute approximate surface area is 191 Å². The average molecular weight is 476 g/mol. The van der Waals surface area contributed by atoms with Crippen molar-refractivity contribution in [1.82, 2.24) is 15.1 Å². The summed E-state index contributed by atoms with van der Waals surface area (Å²) in [5.74, 6) is -0.915. The van der Waals surface area contributed by atoms with Crippen LogP contribution < -0.4 is 10.2 Å². The van der Waals surface area contributed by atoms with E-state index in [1.807, 2.05) is 0 Å². The number of rotatable bonds is 6. The van der Waals surface area contributed by atoms with Gasteiger partial charge in [-0.15, -0.1) is 10.2 Å². The lowest BCUT2D eigenvalue weighted by atomic mass is 10.2. The smallest absolute Gasteiger partial charge is 0.286 e. The molecule has 1 aliphatic rings. The predicted octanol–water partition coefficient (Wildman–Crippen LogP) is 3.51. The van der Waals surface area contributed by atoms with Gasteiger partial charge in [-0.25, -0.2) is 8.78 Å². The molecule has 1 N–H and O–H groups in total. The van der Waals surface area contributed by atoms with E-state index in [4.69, 9.17) is 0 Å². The molecule has 2 aromatic carbocycles. The van der Waals surface area contributed by atoms with E-state index >= 15 is 0 Å². The molecule has 0 radical (unpaired) electrons. The molecule has 1 fully saturated rings. The maximum Gasteiger partial charge on any atom is 0.286 e. The number of anilines is 2. The van der Waals surface area contributed by atoms with Crippen molar-refractivity contribution in [2.75, 3.05) is 42.1 Å². The van der Waals surface area contributed by atoms with Gasteiger partial charge in [-0.05, 0) is 48.5 Å². The van der Waals surface area contributed by atoms with Gasteiger partial charge in [-0.3, -0.25) is 9.59 Å². The van der Waals surface area contributed by atoms with Gasteiger partial charge in [-0.2, -0.15) is 0 Å². The molecule has 11 heteroatoms. The van der Waals surface area contributed by atoms with Crippen LogP contribution in [0.5, 0.6) is 0 Å². The van der Waals surface area contributed by atoms with Crippen LogP contribution in [0.1, 0.15) is 9.80 Å². The summed E-state index contributed by atoms with van der Waals surface area (Å²) in [5.41, 5.74) is 1.39.